The number of rotatable bonds is 5. The number of hydrogen-bond donors (Lipinski definition) is 1. The first-order valence-corrected chi connectivity index (χ1v) is 8.44. The standard InChI is InChI=1S/C18H17ClN4O4/c1-22-16-15(13(27-2)7-8-20-16)17(25)23(18(22)26)10-14(24)21-9-11-5-3-4-6-12(11)19/h3-8H,9-10H2,1-2H3,(H,21,24). The van der Waals surface area contributed by atoms with E-state index in [0.29, 0.717) is 5.02 Å². The van der Waals surface area contributed by atoms with Gasteiger partial charge in [-0.1, -0.05) is 29.8 Å². The number of carbonyl (C=O) groups is 1. The fourth-order valence-electron chi connectivity index (χ4n) is 2.73. The Morgan fingerprint density at radius 3 is 2.70 bits per heavy atom. The zero-order valence-electron chi connectivity index (χ0n) is 14.7. The molecule has 27 heavy (non-hydrogen) atoms. The molecule has 0 aliphatic heterocycles. The fourth-order valence-corrected chi connectivity index (χ4v) is 2.93. The van der Waals surface area contributed by atoms with Crippen molar-refractivity contribution in [2.24, 2.45) is 7.05 Å². The lowest BCUT2D eigenvalue weighted by Gasteiger charge is -2.12. The van der Waals surface area contributed by atoms with E-state index >= 15 is 0 Å². The summed E-state index contributed by atoms with van der Waals surface area (Å²) >= 11 is 6.06. The Morgan fingerprint density at radius 2 is 2.00 bits per heavy atom. The topological polar surface area (TPSA) is 95.2 Å². The van der Waals surface area contributed by atoms with Gasteiger partial charge in [-0.25, -0.2) is 14.3 Å². The molecule has 0 aliphatic rings. The molecule has 1 aromatic carbocycles. The van der Waals surface area contributed by atoms with E-state index in [9.17, 15) is 14.4 Å². The molecule has 0 radical (unpaired) electrons. The van der Waals surface area contributed by atoms with Crippen LogP contribution in [-0.4, -0.2) is 27.1 Å². The number of hydrogen-bond acceptors (Lipinski definition) is 5. The monoisotopic (exact) mass is 388 g/mol. The van der Waals surface area contributed by atoms with Crippen molar-refractivity contribution >= 4 is 28.5 Å². The summed E-state index contributed by atoms with van der Waals surface area (Å²) in [6.07, 6.45) is 1.45. The molecule has 0 saturated carbocycles. The Bertz CT molecular complexity index is 1140. The highest BCUT2D eigenvalue weighted by atomic mass is 35.5. The number of amides is 1. The highest BCUT2D eigenvalue weighted by Gasteiger charge is 2.17. The number of carbonyl (C=O) groups excluding carboxylic acids is 1. The van der Waals surface area contributed by atoms with Crippen LogP contribution in [0.5, 0.6) is 5.75 Å². The molecule has 0 saturated heterocycles. The summed E-state index contributed by atoms with van der Waals surface area (Å²) in [7, 11) is 2.90. The van der Waals surface area contributed by atoms with Gasteiger partial charge in [-0.3, -0.25) is 14.2 Å². The first-order chi connectivity index (χ1) is 12.9. The molecule has 140 valence electrons. The summed E-state index contributed by atoms with van der Waals surface area (Å²) in [5.74, 6) is -0.206. The molecule has 8 nitrogen and oxygen atoms in total. The minimum Gasteiger partial charge on any atom is -0.496 e. The minimum absolute atomic E-state index is 0.140. The summed E-state index contributed by atoms with van der Waals surface area (Å²) in [4.78, 5) is 41.7. The zero-order chi connectivity index (χ0) is 19.6. The van der Waals surface area contributed by atoms with Crippen molar-refractivity contribution in [3.63, 3.8) is 0 Å². The molecule has 1 amide bonds. The van der Waals surface area contributed by atoms with E-state index in [4.69, 9.17) is 16.3 Å². The number of nitrogens with one attached hydrogen (secondary N) is 1. The maximum absolute atomic E-state index is 12.8. The van der Waals surface area contributed by atoms with E-state index in [2.05, 4.69) is 10.3 Å². The Balaban J connectivity index is 1.93. The molecule has 0 aliphatic carbocycles. The predicted octanol–water partition coefficient (Wildman–Crippen LogP) is 1.07. The Kier molecular flexibility index (Phi) is 5.27. The van der Waals surface area contributed by atoms with Gasteiger partial charge >= 0.3 is 5.69 Å². The minimum atomic E-state index is -0.638. The molecule has 0 spiro atoms. The number of ether oxygens (including phenoxy) is 1. The Hall–Kier alpha value is -3.13. The van der Waals surface area contributed by atoms with Crippen molar-refractivity contribution in [2.45, 2.75) is 13.1 Å². The summed E-state index contributed by atoms with van der Waals surface area (Å²) in [6, 6.07) is 8.60. The van der Waals surface area contributed by atoms with Crippen molar-refractivity contribution in [1.29, 1.82) is 0 Å². The first-order valence-electron chi connectivity index (χ1n) is 8.06. The second-order valence-corrected chi connectivity index (χ2v) is 6.22. The van der Waals surface area contributed by atoms with E-state index in [0.717, 1.165) is 10.1 Å². The van der Waals surface area contributed by atoms with E-state index < -0.39 is 23.7 Å². The lowest BCUT2D eigenvalue weighted by Crippen LogP contribution is -2.43. The van der Waals surface area contributed by atoms with Crippen molar-refractivity contribution in [1.82, 2.24) is 19.4 Å². The average molecular weight is 389 g/mol. The van der Waals surface area contributed by atoms with E-state index in [1.807, 2.05) is 0 Å². The molecular formula is C18H17ClN4O4. The molecule has 0 unspecified atom stereocenters. The second-order valence-electron chi connectivity index (χ2n) is 5.81. The zero-order valence-corrected chi connectivity index (χ0v) is 15.5. The van der Waals surface area contributed by atoms with Crippen LogP contribution in [0.3, 0.4) is 0 Å². The van der Waals surface area contributed by atoms with Gasteiger partial charge in [0.05, 0.1) is 7.11 Å². The van der Waals surface area contributed by atoms with Crippen LogP contribution in [0.4, 0.5) is 0 Å². The third kappa shape index (κ3) is 3.56. The fraction of sp³-hybridized carbons (Fsp3) is 0.222. The van der Waals surface area contributed by atoms with Crippen molar-refractivity contribution < 1.29 is 9.53 Å². The third-order valence-electron chi connectivity index (χ3n) is 4.14. The number of nitrogens with zero attached hydrogens (tertiary/aromatic N) is 3. The lowest BCUT2D eigenvalue weighted by atomic mass is 10.2. The lowest BCUT2D eigenvalue weighted by molar-refractivity contribution is -0.121. The van der Waals surface area contributed by atoms with Crippen molar-refractivity contribution in [2.75, 3.05) is 7.11 Å². The van der Waals surface area contributed by atoms with Crippen LogP contribution in [0.1, 0.15) is 5.56 Å². The number of benzene rings is 1. The van der Waals surface area contributed by atoms with Gasteiger partial charge in [0.2, 0.25) is 5.91 Å². The molecule has 3 rings (SSSR count). The number of pyridine rings is 1. The molecule has 3 aromatic rings. The van der Waals surface area contributed by atoms with Gasteiger partial charge < -0.3 is 10.1 Å². The van der Waals surface area contributed by atoms with E-state index in [-0.39, 0.29) is 23.3 Å². The van der Waals surface area contributed by atoms with Crippen LogP contribution in [0.2, 0.25) is 5.02 Å². The van der Waals surface area contributed by atoms with Gasteiger partial charge in [0.1, 0.15) is 17.7 Å². The number of aromatic nitrogens is 3. The molecule has 2 aromatic heterocycles. The number of aryl methyl sites for hydroxylation is 1. The molecule has 0 atom stereocenters. The van der Waals surface area contributed by atoms with Crippen molar-refractivity contribution in [3.05, 3.63) is 68.0 Å². The van der Waals surface area contributed by atoms with Crippen LogP contribution >= 0.6 is 11.6 Å². The highest BCUT2D eigenvalue weighted by molar-refractivity contribution is 6.31. The van der Waals surface area contributed by atoms with Gasteiger partial charge in [-0.05, 0) is 17.7 Å². The predicted molar refractivity (Wildman–Crippen MR) is 101 cm³/mol. The number of halogens is 1. The van der Waals surface area contributed by atoms with E-state index in [1.54, 1.807) is 24.3 Å². The van der Waals surface area contributed by atoms with Gasteiger partial charge in [0.25, 0.3) is 5.56 Å². The van der Waals surface area contributed by atoms with Crippen LogP contribution < -0.4 is 21.3 Å². The normalized spacial score (nSPS) is 10.8. The molecule has 1 N–H and O–H groups in total. The maximum atomic E-state index is 12.8. The van der Waals surface area contributed by atoms with Gasteiger partial charge in [-0.15, -0.1) is 0 Å². The molecule has 0 bridgehead atoms. The molecule has 0 fully saturated rings. The van der Waals surface area contributed by atoms with Crippen LogP contribution in [-0.2, 0) is 24.9 Å². The van der Waals surface area contributed by atoms with E-state index in [1.165, 1.54) is 31.0 Å². The maximum Gasteiger partial charge on any atom is 0.332 e. The molecular weight excluding hydrogens is 372 g/mol. The highest BCUT2D eigenvalue weighted by Crippen LogP contribution is 2.18. The van der Waals surface area contributed by atoms with Crippen LogP contribution in [0.25, 0.3) is 11.0 Å². The van der Waals surface area contributed by atoms with Crippen LogP contribution in [0, 0.1) is 0 Å². The SMILES string of the molecule is COc1ccnc2c1c(=O)n(CC(=O)NCc1ccccc1Cl)c(=O)n2C. The number of methoxy groups -OCH3 is 1. The Morgan fingerprint density at radius 1 is 1.26 bits per heavy atom. The quantitative estimate of drug-likeness (QED) is 0.705. The van der Waals surface area contributed by atoms with Gasteiger partial charge in [-0.2, -0.15) is 0 Å². The summed E-state index contributed by atoms with van der Waals surface area (Å²) < 4.78 is 7.26. The summed E-state index contributed by atoms with van der Waals surface area (Å²) in [6.45, 7) is -0.240. The third-order valence-corrected chi connectivity index (χ3v) is 4.51. The molecule has 9 heteroatoms. The van der Waals surface area contributed by atoms with Crippen molar-refractivity contribution in [3.8, 4) is 5.75 Å². The number of fused-ring (bicyclic) bond motifs is 1. The summed E-state index contributed by atoms with van der Waals surface area (Å²) in [5, 5.41) is 3.32. The van der Waals surface area contributed by atoms with Gasteiger partial charge in [0, 0.05) is 24.8 Å². The first kappa shape index (κ1) is 18.7. The summed E-state index contributed by atoms with van der Waals surface area (Å²) in [5.41, 5.74) is -0.346. The molecule has 2 heterocycles. The average Bonchev–Trinajstić information content (AvgIpc) is 2.68. The smallest absolute Gasteiger partial charge is 0.332 e. The van der Waals surface area contributed by atoms with Crippen LogP contribution in [0.15, 0.2) is 46.1 Å². The largest absolute Gasteiger partial charge is 0.496 e. The second kappa shape index (κ2) is 7.63. The van der Waals surface area contributed by atoms with Gasteiger partial charge in [0.15, 0.2) is 5.65 Å². The Labute approximate surface area is 159 Å².